The van der Waals surface area contributed by atoms with Crippen molar-refractivity contribution in [1.29, 1.82) is 0 Å². The standard InChI is InChI=1S/C13H18BrF2NO/c1-18-9-13(16,3-2-4-17)8-10-5-11(14)7-12(15)6-10/h5-7H,2-4,8-9,17H2,1H3. The third kappa shape index (κ3) is 5.00. The lowest BCUT2D eigenvalue weighted by molar-refractivity contribution is 0.0334. The Bertz CT molecular complexity index is 369. The summed E-state index contributed by atoms with van der Waals surface area (Å²) in [6, 6.07) is 4.41. The molecule has 0 saturated carbocycles. The Morgan fingerprint density at radius 3 is 2.67 bits per heavy atom. The molecule has 0 bridgehead atoms. The van der Waals surface area contributed by atoms with Gasteiger partial charge in [-0.1, -0.05) is 15.9 Å². The van der Waals surface area contributed by atoms with E-state index in [2.05, 4.69) is 15.9 Å². The molecule has 0 saturated heterocycles. The van der Waals surface area contributed by atoms with E-state index in [9.17, 15) is 8.78 Å². The van der Waals surface area contributed by atoms with Crippen molar-refractivity contribution in [1.82, 2.24) is 0 Å². The second kappa shape index (κ2) is 7.16. The highest BCUT2D eigenvalue weighted by atomic mass is 79.9. The van der Waals surface area contributed by atoms with Crippen molar-refractivity contribution >= 4 is 15.9 Å². The number of methoxy groups -OCH3 is 1. The van der Waals surface area contributed by atoms with Crippen LogP contribution in [-0.2, 0) is 11.2 Å². The zero-order valence-corrected chi connectivity index (χ0v) is 12.0. The minimum Gasteiger partial charge on any atom is -0.381 e. The lowest BCUT2D eigenvalue weighted by atomic mass is 9.92. The van der Waals surface area contributed by atoms with Crippen LogP contribution in [0, 0.1) is 5.82 Å². The van der Waals surface area contributed by atoms with Crippen LogP contribution in [0.15, 0.2) is 22.7 Å². The normalized spacial score (nSPS) is 14.5. The first-order valence-corrected chi connectivity index (χ1v) is 6.61. The van der Waals surface area contributed by atoms with Gasteiger partial charge in [0.2, 0.25) is 0 Å². The minimum atomic E-state index is -1.50. The average Bonchev–Trinajstić information content (AvgIpc) is 2.25. The molecule has 5 heteroatoms. The van der Waals surface area contributed by atoms with Gasteiger partial charge in [0.15, 0.2) is 0 Å². The van der Waals surface area contributed by atoms with Crippen LogP contribution in [0.1, 0.15) is 18.4 Å². The SMILES string of the molecule is COCC(F)(CCCN)Cc1cc(F)cc(Br)c1. The molecular formula is C13H18BrF2NO. The molecule has 1 aromatic carbocycles. The van der Waals surface area contributed by atoms with Crippen molar-refractivity contribution in [2.24, 2.45) is 5.73 Å². The molecule has 0 amide bonds. The second-order valence-electron chi connectivity index (χ2n) is 4.43. The van der Waals surface area contributed by atoms with Gasteiger partial charge in [-0.15, -0.1) is 0 Å². The lowest BCUT2D eigenvalue weighted by Crippen LogP contribution is -2.32. The predicted molar refractivity (Wildman–Crippen MR) is 71.8 cm³/mol. The van der Waals surface area contributed by atoms with E-state index < -0.39 is 5.67 Å². The summed E-state index contributed by atoms with van der Waals surface area (Å²) in [5.41, 5.74) is 4.51. The summed E-state index contributed by atoms with van der Waals surface area (Å²) in [7, 11) is 1.46. The summed E-state index contributed by atoms with van der Waals surface area (Å²) in [4.78, 5) is 0. The van der Waals surface area contributed by atoms with E-state index >= 15 is 0 Å². The van der Waals surface area contributed by atoms with Gasteiger partial charge in [0, 0.05) is 18.0 Å². The van der Waals surface area contributed by atoms with Crippen LogP contribution in [0.3, 0.4) is 0 Å². The van der Waals surface area contributed by atoms with E-state index in [1.165, 1.54) is 19.2 Å². The first-order chi connectivity index (χ1) is 8.49. The molecule has 0 aliphatic heterocycles. The van der Waals surface area contributed by atoms with Gasteiger partial charge in [-0.05, 0) is 43.1 Å². The third-order valence-corrected chi connectivity index (χ3v) is 3.13. The number of rotatable bonds is 7. The summed E-state index contributed by atoms with van der Waals surface area (Å²) in [5, 5.41) is 0. The van der Waals surface area contributed by atoms with E-state index in [-0.39, 0.29) is 18.8 Å². The number of hydrogen-bond donors (Lipinski definition) is 1. The van der Waals surface area contributed by atoms with Gasteiger partial charge in [-0.25, -0.2) is 8.78 Å². The molecule has 0 heterocycles. The van der Waals surface area contributed by atoms with Gasteiger partial charge in [-0.3, -0.25) is 0 Å². The predicted octanol–water partition coefficient (Wildman–Crippen LogP) is 3.22. The summed E-state index contributed by atoms with van der Waals surface area (Å²) < 4.78 is 33.4. The van der Waals surface area contributed by atoms with Gasteiger partial charge in [0.05, 0.1) is 6.61 Å². The van der Waals surface area contributed by atoms with Gasteiger partial charge >= 0.3 is 0 Å². The molecular weight excluding hydrogens is 304 g/mol. The number of nitrogens with two attached hydrogens (primary N) is 1. The highest BCUT2D eigenvalue weighted by Crippen LogP contribution is 2.26. The van der Waals surface area contributed by atoms with Crippen molar-refractivity contribution in [3.8, 4) is 0 Å². The van der Waals surface area contributed by atoms with E-state index in [1.807, 2.05) is 0 Å². The summed E-state index contributed by atoms with van der Waals surface area (Å²) in [6.45, 7) is 0.420. The third-order valence-electron chi connectivity index (χ3n) is 2.68. The molecule has 2 N–H and O–H groups in total. The maximum Gasteiger partial charge on any atom is 0.138 e. The van der Waals surface area contributed by atoms with Crippen molar-refractivity contribution in [3.63, 3.8) is 0 Å². The Kier molecular flexibility index (Phi) is 6.18. The maximum atomic E-state index is 14.6. The van der Waals surface area contributed by atoms with Crippen LogP contribution in [0.2, 0.25) is 0 Å². The van der Waals surface area contributed by atoms with Crippen molar-refractivity contribution < 1.29 is 13.5 Å². The number of hydrogen-bond acceptors (Lipinski definition) is 2. The van der Waals surface area contributed by atoms with Crippen molar-refractivity contribution in [3.05, 3.63) is 34.1 Å². The summed E-state index contributed by atoms with van der Waals surface area (Å²) in [6.07, 6.45) is 1.01. The molecule has 18 heavy (non-hydrogen) atoms. The smallest absolute Gasteiger partial charge is 0.138 e. The van der Waals surface area contributed by atoms with Gasteiger partial charge in [-0.2, -0.15) is 0 Å². The molecule has 0 fully saturated rings. The monoisotopic (exact) mass is 321 g/mol. The van der Waals surface area contributed by atoms with Gasteiger partial charge < -0.3 is 10.5 Å². The van der Waals surface area contributed by atoms with Crippen molar-refractivity contribution in [2.45, 2.75) is 24.9 Å². The first-order valence-electron chi connectivity index (χ1n) is 5.82. The van der Waals surface area contributed by atoms with Crippen LogP contribution >= 0.6 is 15.9 Å². The van der Waals surface area contributed by atoms with Crippen LogP contribution in [0.4, 0.5) is 8.78 Å². The Labute approximate surface area is 115 Å². The zero-order valence-electron chi connectivity index (χ0n) is 10.4. The Hall–Kier alpha value is -0.520. The number of alkyl halides is 1. The number of halogens is 3. The Morgan fingerprint density at radius 2 is 2.11 bits per heavy atom. The average molecular weight is 322 g/mol. The number of benzene rings is 1. The molecule has 102 valence electrons. The summed E-state index contributed by atoms with van der Waals surface area (Å²) in [5.74, 6) is -0.377. The largest absolute Gasteiger partial charge is 0.381 e. The molecule has 1 unspecified atom stereocenters. The maximum absolute atomic E-state index is 14.6. The van der Waals surface area contributed by atoms with E-state index in [1.54, 1.807) is 6.07 Å². The fourth-order valence-electron chi connectivity index (χ4n) is 1.97. The lowest BCUT2D eigenvalue weighted by Gasteiger charge is -2.24. The zero-order chi connectivity index (χ0) is 13.6. The minimum absolute atomic E-state index is 0.0128. The van der Waals surface area contributed by atoms with Crippen LogP contribution in [-0.4, -0.2) is 25.9 Å². The fourth-order valence-corrected chi connectivity index (χ4v) is 2.48. The van der Waals surface area contributed by atoms with Crippen LogP contribution in [0.5, 0.6) is 0 Å². The molecule has 2 nitrogen and oxygen atoms in total. The van der Waals surface area contributed by atoms with E-state index in [4.69, 9.17) is 10.5 Å². The molecule has 0 aromatic heterocycles. The highest BCUT2D eigenvalue weighted by Gasteiger charge is 2.29. The molecule has 0 radical (unpaired) electrons. The van der Waals surface area contributed by atoms with E-state index in [0.29, 0.717) is 29.4 Å². The van der Waals surface area contributed by atoms with Crippen LogP contribution < -0.4 is 5.73 Å². The summed E-state index contributed by atoms with van der Waals surface area (Å²) >= 11 is 3.20. The van der Waals surface area contributed by atoms with Gasteiger partial charge in [0.25, 0.3) is 0 Å². The first kappa shape index (κ1) is 15.5. The van der Waals surface area contributed by atoms with Gasteiger partial charge in [0.1, 0.15) is 11.5 Å². The topological polar surface area (TPSA) is 35.2 Å². The highest BCUT2D eigenvalue weighted by molar-refractivity contribution is 9.10. The molecule has 0 spiro atoms. The molecule has 0 aliphatic carbocycles. The second-order valence-corrected chi connectivity index (χ2v) is 5.35. The molecule has 1 atom stereocenters. The molecule has 1 aromatic rings. The number of ether oxygens (including phenoxy) is 1. The van der Waals surface area contributed by atoms with Crippen LogP contribution in [0.25, 0.3) is 0 Å². The molecule has 1 rings (SSSR count). The fraction of sp³-hybridized carbons (Fsp3) is 0.538. The Morgan fingerprint density at radius 1 is 1.39 bits per heavy atom. The van der Waals surface area contributed by atoms with E-state index in [0.717, 1.165) is 0 Å². The quantitative estimate of drug-likeness (QED) is 0.836. The van der Waals surface area contributed by atoms with Crippen molar-refractivity contribution in [2.75, 3.05) is 20.3 Å². The molecule has 0 aliphatic rings. The Balaban J connectivity index is 2.81.